The van der Waals surface area contributed by atoms with Crippen LogP contribution in [-0.2, 0) is 4.79 Å². The number of nitrogens with zero attached hydrogens (tertiary/aromatic N) is 2. The first-order valence-corrected chi connectivity index (χ1v) is 14.2. The van der Waals surface area contributed by atoms with E-state index in [1.54, 1.807) is 23.9 Å². The van der Waals surface area contributed by atoms with Gasteiger partial charge in [0.1, 0.15) is 11.9 Å². The maximum atomic E-state index is 13.1. The Balaban J connectivity index is 1.21. The third kappa shape index (κ3) is 7.54. The average Bonchev–Trinajstić information content (AvgIpc) is 2.89. The number of hydrogen-bond donors (Lipinski definition) is 1. The minimum Gasteiger partial charge on any atom is -0.490 e. The third-order valence-electron chi connectivity index (χ3n) is 6.82. The van der Waals surface area contributed by atoms with Crippen molar-refractivity contribution >= 4 is 46.8 Å². The molecule has 9 heteroatoms. The van der Waals surface area contributed by atoms with E-state index in [0.717, 1.165) is 68.3 Å². The number of carboxylic acid groups (broad SMARTS) is 1. The number of hydrogen-bond acceptors (Lipinski definition) is 5. The number of likely N-dealkylation sites (tertiary alicyclic amines) is 2. The van der Waals surface area contributed by atoms with Crippen molar-refractivity contribution in [3.8, 4) is 5.75 Å². The van der Waals surface area contributed by atoms with Crippen LogP contribution in [0.1, 0.15) is 48.9 Å². The SMILES string of the molecule is O=C(O)CCCSc1cccc(C(=O)N2CCC(N3CCC(Oc4ccc(Cl)c(Cl)c4)CC3)CC2)c1. The highest BCUT2D eigenvalue weighted by Crippen LogP contribution is 2.29. The second-order valence-corrected chi connectivity index (χ2v) is 11.3. The zero-order valence-corrected chi connectivity index (χ0v) is 22.5. The van der Waals surface area contributed by atoms with Crippen molar-refractivity contribution in [2.45, 2.75) is 55.6 Å². The smallest absolute Gasteiger partial charge is 0.303 e. The molecule has 2 aromatic rings. The zero-order chi connectivity index (χ0) is 25.5. The molecule has 0 saturated carbocycles. The van der Waals surface area contributed by atoms with Crippen LogP contribution in [0.25, 0.3) is 0 Å². The molecule has 0 bridgehead atoms. The van der Waals surface area contributed by atoms with E-state index in [4.69, 9.17) is 33.0 Å². The lowest BCUT2D eigenvalue weighted by Crippen LogP contribution is -2.50. The van der Waals surface area contributed by atoms with Crippen molar-refractivity contribution < 1.29 is 19.4 Å². The fraction of sp³-hybridized carbons (Fsp3) is 0.481. The van der Waals surface area contributed by atoms with Crippen LogP contribution in [0, 0.1) is 0 Å². The molecule has 4 rings (SSSR count). The van der Waals surface area contributed by atoms with Crippen molar-refractivity contribution in [1.29, 1.82) is 0 Å². The Kier molecular flexibility index (Phi) is 9.82. The van der Waals surface area contributed by atoms with Gasteiger partial charge in [-0.05, 0) is 68.2 Å². The number of aliphatic carboxylic acids is 1. The first-order chi connectivity index (χ1) is 17.4. The summed E-state index contributed by atoms with van der Waals surface area (Å²) in [4.78, 5) is 29.3. The van der Waals surface area contributed by atoms with Crippen LogP contribution >= 0.6 is 35.0 Å². The molecule has 0 unspecified atom stereocenters. The summed E-state index contributed by atoms with van der Waals surface area (Å²) in [6.07, 6.45) is 4.86. The van der Waals surface area contributed by atoms with Crippen molar-refractivity contribution in [3.63, 3.8) is 0 Å². The van der Waals surface area contributed by atoms with Gasteiger partial charge in [0.2, 0.25) is 0 Å². The monoisotopic (exact) mass is 550 g/mol. The van der Waals surface area contributed by atoms with E-state index in [1.165, 1.54) is 0 Å². The molecule has 2 heterocycles. The molecule has 0 radical (unpaired) electrons. The van der Waals surface area contributed by atoms with E-state index in [0.29, 0.717) is 28.1 Å². The van der Waals surface area contributed by atoms with Gasteiger partial charge in [-0.3, -0.25) is 14.5 Å². The van der Waals surface area contributed by atoms with Crippen LogP contribution in [0.4, 0.5) is 0 Å². The number of amides is 1. The number of halogens is 2. The molecular formula is C27H32Cl2N2O4S. The molecule has 0 aliphatic carbocycles. The Morgan fingerprint density at radius 2 is 1.72 bits per heavy atom. The Bertz CT molecular complexity index is 1050. The van der Waals surface area contributed by atoms with Gasteiger partial charge in [-0.1, -0.05) is 29.3 Å². The molecule has 2 saturated heterocycles. The van der Waals surface area contributed by atoms with Crippen LogP contribution in [-0.4, -0.2) is 70.9 Å². The van der Waals surface area contributed by atoms with E-state index < -0.39 is 5.97 Å². The predicted molar refractivity (Wildman–Crippen MR) is 145 cm³/mol. The first-order valence-electron chi connectivity index (χ1n) is 12.5. The van der Waals surface area contributed by atoms with Gasteiger partial charge in [-0.2, -0.15) is 0 Å². The molecule has 2 aromatic carbocycles. The summed E-state index contributed by atoms with van der Waals surface area (Å²) in [5.74, 6) is 0.793. The van der Waals surface area contributed by atoms with Gasteiger partial charge >= 0.3 is 5.97 Å². The normalized spacial score (nSPS) is 17.8. The van der Waals surface area contributed by atoms with Crippen molar-refractivity contribution in [2.24, 2.45) is 0 Å². The van der Waals surface area contributed by atoms with E-state index in [-0.39, 0.29) is 18.4 Å². The fourth-order valence-electron chi connectivity index (χ4n) is 4.85. The Morgan fingerprint density at radius 3 is 2.42 bits per heavy atom. The van der Waals surface area contributed by atoms with Crippen molar-refractivity contribution in [1.82, 2.24) is 9.80 Å². The van der Waals surface area contributed by atoms with Crippen molar-refractivity contribution in [2.75, 3.05) is 31.9 Å². The number of piperidine rings is 2. The molecule has 0 spiro atoms. The van der Waals surface area contributed by atoms with E-state index >= 15 is 0 Å². The van der Waals surface area contributed by atoms with Gasteiger partial charge in [-0.15, -0.1) is 11.8 Å². The van der Waals surface area contributed by atoms with Gasteiger partial charge < -0.3 is 14.7 Å². The third-order valence-corrected chi connectivity index (χ3v) is 8.64. The molecular weight excluding hydrogens is 519 g/mol. The Morgan fingerprint density at radius 1 is 0.972 bits per heavy atom. The highest BCUT2D eigenvalue weighted by Gasteiger charge is 2.30. The van der Waals surface area contributed by atoms with Crippen LogP contribution < -0.4 is 4.74 Å². The maximum Gasteiger partial charge on any atom is 0.303 e. The number of carbonyl (C=O) groups is 2. The van der Waals surface area contributed by atoms with Crippen LogP contribution in [0.15, 0.2) is 47.4 Å². The largest absolute Gasteiger partial charge is 0.490 e. The Labute approximate surface area is 226 Å². The summed E-state index contributed by atoms with van der Waals surface area (Å²) < 4.78 is 6.12. The number of thioether (sulfide) groups is 1. The second-order valence-electron chi connectivity index (χ2n) is 9.33. The van der Waals surface area contributed by atoms with E-state index in [1.807, 2.05) is 35.2 Å². The van der Waals surface area contributed by atoms with Crippen molar-refractivity contribution in [3.05, 3.63) is 58.1 Å². The molecule has 6 nitrogen and oxygen atoms in total. The summed E-state index contributed by atoms with van der Waals surface area (Å²) in [5, 5.41) is 9.82. The summed E-state index contributed by atoms with van der Waals surface area (Å²) in [6, 6.07) is 13.6. The van der Waals surface area contributed by atoms with Crippen LogP contribution in [0.2, 0.25) is 10.0 Å². The lowest BCUT2D eigenvalue weighted by Gasteiger charge is -2.41. The number of ether oxygens (including phenoxy) is 1. The topological polar surface area (TPSA) is 70.1 Å². The summed E-state index contributed by atoms with van der Waals surface area (Å²) in [5.41, 5.74) is 0.706. The number of benzene rings is 2. The lowest BCUT2D eigenvalue weighted by atomic mass is 9.98. The van der Waals surface area contributed by atoms with Gasteiger partial charge in [0.05, 0.1) is 10.0 Å². The number of carbonyl (C=O) groups excluding carboxylic acids is 1. The molecule has 1 amide bonds. The Hall–Kier alpha value is -1.93. The molecule has 194 valence electrons. The summed E-state index contributed by atoms with van der Waals surface area (Å²) in [6.45, 7) is 3.51. The van der Waals surface area contributed by atoms with Crippen LogP contribution in [0.5, 0.6) is 5.75 Å². The minimum atomic E-state index is -0.774. The van der Waals surface area contributed by atoms with Gasteiger partial charge in [0.15, 0.2) is 0 Å². The van der Waals surface area contributed by atoms with Crippen LogP contribution in [0.3, 0.4) is 0 Å². The van der Waals surface area contributed by atoms with Gasteiger partial charge in [-0.25, -0.2) is 0 Å². The maximum absolute atomic E-state index is 13.1. The molecule has 0 aromatic heterocycles. The standard InChI is InChI=1S/C27H32Cl2N2O4S/c28-24-7-6-22(18-25(24)29)35-21-10-14-30(15-11-21)20-8-12-31(13-9-20)27(34)19-3-1-4-23(17-19)36-16-2-5-26(32)33/h1,3-4,6-7,17-18,20-21H,2,5,8-16H2,(H,32,33). The fourth-order valence-corrected chi connectivity index (χ4v) is 6.05. The van der Waals surface area contributed by atoms with E-state index in [2.05, 4.69) is 4.90 Å². The number of carboxylic acids is 1. The van der Waals surface area contributed by atoms with E-state index in [9.17, 15) is 9.59 Å². The highest BCUT2D eigenvalue weighted by molar-refractivity contribution is 7.99. The summed E-state index contributed by atoms with van der Waals surface area (Å²) in [7, 11) is 0. The lowest BCUT2D eigenvalue weighted by molar-refractivity contribution is -0.137. The number of rotatable bonds is 9. The average molecular weight is 552 g/mol. The molecule has 2 fully saturated rings. The molecule has 2 aliphatic rings. The predicted octanol–water partition coefficient (Wildman–Crippen LogP) is 6.10. The highest BCUT2D eigenvalue weighted by atomic mass is 35.5. The summed E-state index contributed by atoms with van der Waals surface area (Å²) >= 11 is 13.7. The quantitative estimate of drug-likeness (QED) is 0.300. The second kappa shape index (κ2) is 13.0. The zero-order valence-electron chi connectivity index (χ0n) is 20.2. The molecule has 2 aliphatic heterocycles. The van der Waals surface area contributed by atoms with Gasteiger partial charge in [0, 0.05) is 55.2 Å². The minimum absolute atomic E-state index is 0.0789. The molecule has 0 atom stereocenters. The van der Waals surface area contributed by atoms with Gasteiger partial charge in [0.25, 0.3) is 5.91 Å². The molecule has 36 heavy (non-hydrogen) atoms. The first kappa shape index (κ1) is 27.1. The molecule has 1 N–H and O–H groups in total.